The number of carbonyl (C=O) groups is 1. The van der Waals surface area contributed by atoms with Crippen molar-refractivity contribution in [3.8, 4) is 6.07 Å². The second-order valence-corrected chi connectivity index (χ2v) is 8.00. The predicted molar refractivity (Wildman–Crippen MR) is 120 cm³/mol. The minimum absolute atomic E-state index is 0.215. The van der Waals surface area contributed by atoms with Crippen molar-refractivity contribution in [3.05, 3.63) is 35.8 Å². The van der Waals surface area contributed by atoms with E-state index >= 15 is 0 Å². The number of alkyl halides is 1. The van der Waals surface area contributed by atoms with E-state index in [4.69, 9.17) is 5.26 Å². The fourth-order valence-corrected chi connectivity index (χ4v) is 2.89. The molecule has 0 spiro atoms. The van der Waals surface area contributed by atoms with Crippen LogP contribution in [0.15, 0.2) is 24.7 Å². The van der Waals surface area contributed by atoms with E-state index in [2.05, 4.69) is 30.9 Å². The number of halogens is 1. The Morgan fingerprint density at radius 2 is 1.78 bits per heavy atom. The van der Waals surface area contributed by atoms with Crippen molar-refractivity contribution in [1.82, 2.24) is 20.3 Å². The molecule has 1 aliphatic carbocycles. The minimum Gasteiger partial charge on any atom is -0.387 e. The largest absolute Gasteiger partial charge is 0.387 e. The fourth-order valence-electron chi connectivity index (χ4n) is 2.89. The Balaban J connectivity index is 0.000000636. The number of carbonyl (C=O) groups excluding carboxylic acids is 1. The lowest BCUT2D eigenvalue weighted by molar-refractivity contribution is -0.00177. The quantitative estimate of drug-likeness (QED) is 0.512. The Morgan fingerprint density at radius 1 is 1.19 bits per heavy atom. The number of nitrogens with zero attached hydrogens (tertiary/aromatic N) is 4. The summed E-state index contributed by atoms with van der Waals surface area (Å²) in [6.07, 6.45) is 9.95. The molecule has 2 aromatic rings. The van der Waals surface area contributed by atoms with Crippen LogP contribution in [0.25, 0.3) is 0 Å². The van der Waals surface area contributed by atoms with Gasteiger partial charge in [-0.3, -0.25) is 4.79 Å². The number of hydrogen-bond donors (Lipinski definition) is 4. The van der Waals surface area contributed by atoms with Gasteiger partial charge in [-0.05, 0) is 13.8 Å². The molecular weight excluding hydrogens is 413 g/mol. The van der Waals surface area contributed by atoms with Crippen LogP contribution >= 0.6 is 0 Å². The van der Waals surface area contributed by atoms with Crippen LogP contribution in [0.1, 0.15) is 61.9 Å². The molecule has 0 radical (unpaired) electrons. The topological polar surface area (TPSA) is 136 Å². The number of nitrogens with one attached hydrogen (secondary N) is 3. The van der Waals surface area contributed by atoms with Crippen molar-refractivity contribution in [2.24, 2.45) is 0 Å². The Kier molecular flexibility index (Phi) is 9.28. The highest BCUT2D eigenvalue weighted by Crippen LogP contribution is 2.20. The summed E-state index contributed by atoms with van der Waals surface area (Å²) in [6.45, 7) is 2.33. The zero-order valence-electron chi connectivity index (χ0n) is 18.7. The first kappa shape index (κ1) is 24.9. The van der Waals surface area contributed by atoms with Crippen LogP contribution in [-0.2, 0) is 0 Å². The van der Waals surface area contributed by atoms with E-state index in [-0.39, 0.29) is 18.1 Å². The maximum absolute atomic E-state index is 13.8. The van der Waals surface area contributed by atoms with Gasteiger partial charge in [0.05, 0.1) is 41.4 Å². The van der Waals surface area contributed by atoms with Crippen molar-refractivity contribution >= 4 is 23.4 Å². The van der Waals surface area contributed by atoms with Gasteiger partial charge in [0.15, 0.2) is 0 Å². The number of nitriles is 1. The van der Waals surface area contributed by atoms with Crippen LogP contribution in [0.2, 0.25) is 0 Å². The molecule has 0 bridgehead atoms. The van der Waals surface area contributed by atoms with Gasteiger partial charge in [-0.25, -0.2) is 19.3 Å². The molecule has 2 aromatic heterocycles. The SMILES string of the molecule is C1CCCC1.CNc1cc(Nc2ncc(C#N)cn2)ncc1C(=O)NC[C@@H](F)C(C)(C)O. The molecule has 4 N–H and O–H groups in total. The number of rotatable bonds is 7. The maximum Gasteiger partial charge on any atom is 0.255 e. The van der Waals surface area contributed by atoms with Gasteiger partial charge in [0.1, 0.15) is 18.1 Å². The molecule has 2 heterocycles. The average Bonchev–Trinajstić information content (AvgIpc) is 3.37. The summed E-state index contributed by atoms with van der Waals surface area (Å²) < 4.78 is 13.8. The van der Waals surface area contributed by atoms with E-state index < -0.39 is 17.7 Å². The first-order valence-electron chi connectivity index (χ1n) is 10.6. The van der Waals surface area contributed by atoms with Crippen LogP contribution < -0.4 is 16.0 Å². The van der Waals surface area contributed by atoms with E-state index in [0.717, 1.165) is 0 Å². The molecule has 0 aliphatic heterocycles. The third-order valence-corrected chi connectivity index (χ3v) is 4.90. The zero-order valence-corrected chi connectivity index (χ0v) is 18.7. The second kappa shape index (κ2) is 11.9. The first-order chi connectivity index (χ1) is 15.2. The molecule has 0 aromatic carbocycles. The number of anilines is 3. The Labute approximate surface area is 187 Å². The third-order valence-electron chi connectivity index (χ3n) is 4.90. The van der Waals surface area contributed by atoms with Gasteiger partial charge in [-0.1, -0.05) is 32.1 Å². The monoisotopic (exact) mass is 443 g/mol. The molecule has 0 saturated heterocycles. The van der Waals surface area contributed by atoms with Crippen LogP contribution in [0.5, 0.6) is 0 Å². The number of aliphatic hydroxyl groups is 1. The smallest absolute Gasteiger partial charge is 0.255 e. The van der Waals surface area contributed by atoms with E-state index in [9.17, 15) is 14.3 Å². The van der Waals surface area contributed by atoms with Gasteiger partial charge in [0.2, 0.25) is 5.95 Å². The molecule has 1 amide bonds. The molecule has 3 rings (SSSR count). The molecule has 32 heavy (non-hydrogen) atoms. The fraction of sp³-hybridized carbons (Fsp3) is 0.500. The van der Waals surface area contributed by atoms with Crippen molar-refractivity contribution in [3.63, 3.8) is 0 Å². The molecule has 1 aliphatic rings. The summed E-state index contributed by atoms with van der Waals surface area (Å²) in [4.78, 5) is 24.4. The van der Waals surface area contributed by atoms with Gasteiger partial charge >= 0.3 is 0 Å². The normalized spacial score (nSPS) is 13.9. The summed E-state index contributed by atoms with van der Waals surface area (Å²) in [5, 5.41) is 26.5. The molecule has 1 atom stereocenters. The molecule has 1 fully saturated rings. The Hall–Kier alpha value is -3.32. The number of amides is 1. The van der Waals surface area contributed by atoms with E-state index in [1.54, 1.807) is 13.1 Å². The predicted octanol–water partition coefficient (Wildman–Crippen LogP) is 3.32. The lowest BCUT2D eigenvalue weighted by atomic mass is 10.0. The molecule has 172 valence electrons. The first-order valence-corrected chi connectivity index (χ1v) is 10.6. The number of hydrogen-bond acceptors (Lipinski definition) is 8. The van der Waals surface area contributed by atoms with Crippen LogP contribution in [-0.4, -0.2) is 51.3 Å². The van der Waals surface area contributed by atoms with Crippen molar-refractivity contribution in [2.45, 2.75) is 57.7 Å². The van der Waals surface area contributed by atoms with E-state index in [1.165, 1.54) is 64.5 Å². The maximum atomic E-state index is 13.8. The summed E-state index contributed by atoms with van der Waals surface area (Å²) in [5.74, 6) is 0.0894. The van der Waals surface area contributed by atoms with Crippen molar-refractivity contribution in [1.29, 1.82) is 5.26 Å². The van der Waals surface area contributed by atoms with Gasteiger partial charge < -0.3 is 21.1 Å². The van der Waals surface area contributed by atoms with Gasteiger partial charge in [0.25, 0.3) is 5.91 Å². The summed E-state index contributed by atoms with van der Waals surface area (Å²) in [5.41, 5.74) is -0.551. The second-order valence-electron chi connectivity index (χ2n) is 8.00. The molecule has 10 heteroatoms. The number of pyridine rings is 1. The van der Waals surface area contributed by atoms with E-state index in [1.807, 2.05) is 6.07 Å². The lowest BCUT2D eigenvalue weighted by Gasteiger charge is -2.22. The third kappa shape index (κ3) is 7.74. The van der Waals surface area contributed by atoms with E-state index in [0.29, 0.717) is 17.1 Å². The van der Waals surface area contributed by atoms with Gasteiger partial charge in [-0.15, -0.1) is 0 Å². The Morgan fingerprint density at radius 3 is 2.28 bits per heavy atom. The Bertz CT molecular complexity index is 912. The zero-order chi connectivity index (χ0) is 23.6. The summed E-state index contributed by atoms with van der Waals surface area (Å²) >= 11 is 0. The van der Waals surface area contributed by atoms with Crippen molar-refractivity contribution in [2.75, 3.05) is 24.2 Å². The van der Waals surface area contributed by atoms with Crippen molar-refractivity contribution < 1.29 is 14.3 Å². The molecule has 1 saturated carbocycles. The highest BCUT2D eigenvalue weighted by atomic mass is 19.1. The summed E-state index contributed by atoms with van der Waals surface area (Å²) in [6, 6.07) is 3.49. The van der Waals surface area contributed by atoms with Crippen LogP contribution in [0.3, 0.4) is 0 Å². The standard InChI is InChI=1S/C17H20FN7O2.C5H10/c1-17(2,27)13(18)9-22-15(26)11-8-21-14(4-12(11)20-3)25-16-23-6-10(5-19)7-24-16;1-2-4-5-3-1/h4,6-8,13,27H,9H2,1-3H3,(H,22,26)(H2,20,21,23,24,25);1-5H2/t13-;/m1./s1. The lowest BCUT2D eigenvalue weighted by Crippen LogP contribution is -2.42. The van der Waals surface area contributed by atoms with Crippen LogP contribution in [0, 0.1) is 11.3 Å². The molecule has 9 nitrogen and oxygen atoms in total. The minimum atomic E-state index is -1.61. The average molecular weight is 444 g/mol. The van der Waals surface area contributed by atoms with Gasteiger partial charge in [-0.2, -0.15) is 5.26 Å². The summed E-state index contributed by atoms with van der Waals surface area (Å²) in [7, 11) is 1.63. The number of aromatic nitrogens is 3. The van der Waals surface area contributed by atoms with Crippen LogP contribution in [0.4, 0.5) is 21.8 Å². The molecular formula is C22H30FN7O2. The molecule has 0 unspecified atom stereocenters. The highest BCUT2D eigenvalue weighted by Gasteiger charge is 2.27. The highest BCUT2D eigenvalue weighted by molar-refractivity contribution is 5.99. The van der Waals surface area contributed by atoms with Gasteiger partial charge in [0, 0.05) is 19.3 Å².